The monoisotopic (exact) mass is 480 g/mol. The highest BCUT2D eigenvalue weighted by Gasteiger charge is 2.38. The third-order valence-corrected chi connectivity index (χ3v) is 5.26. The van der Waals surface area contributed by atoms with Crippen LogP contribution in [0.15, 0.2) is 47.5 Å². The van der Waals surface area contributed by atoms with Gasteiger partial charge in [0.25, 0.3) is 11.5 Å². The predicted molar refractivity (Wildman–Crippen MR) is 114 cm³/mol. The van der Waals surface area contributed by atoms with Crippen molar-refractivity contribution in [3.05, 3.63) is 75.6 Å². The molecule has 0 aliphatic carbocycles. The van der Waals surface area contributed by atoms with E-state index in [9.17, 15) is 27.2 Å². The van der Waals surface area contributed by atoms with Gasteiger partial charge in [-0.2, -0.15) is 13.2 Å². The number of aromatic nitrogens is 2. The van der Waals surface area contributed by atoms with E-state index in [1.165, 1.54) is 27.6 Å². The fraction of sp³-hybridized carbons (Fsp3) is 0.273. The number of carboxylic acid groups (broad SMARTS) is 1. The van der Waals surface area contributed by atoms with Gasteiger partial charge < -0.3 is 15.7 Å². The lowest BCUT2D eigenvalue weighted by molar-refractivity contribution is -0.192. The van der Waals surface area contributed by atoms with Crippen LogP contribution in [-0.4, -0.2) is 45.6 Å². The Morgan fingerprint density at radius 3 is 2.56 bits per heavy atom. The van der Waals surface area contributed by atoms with Gasteiger partial charge in [-0.05, 0) is 61.2 Å². The van der Waals surface area contributed by atoms with Gasteiger partial charge in [-0.3, -0.25) is 14.0 Å². The number of rotatable bonds is 2. The van der Waals surface area contributed by atoms with E-state index in [1.54, 1.807) is 18.3 Å². The number of carbonyl (C=O) groups excluding carboxylic acids is 1. The van der Waals surface area contributed by atoms with Crippen LogP contribution in [0.25, 0.3) is 5.65 Å². The maximum Gasteiger partial charge on any atom is 0.490 e. The van der Waals surface area contributed by atoms with Crippen molar-refractivity contribution < 1.29 is 32.3 Å². The average Bonchev–Trinajstić information content (AvgIpc) is 2.78. The first-order valence-electron chi connectivity index (χ1n) is 10.0. The summed E-state index contributed by atoms with van der Waals surface area (Å²) >= 11 is 0. The SMILES string of the molecule is Cc1cccn2c(=O)c(C(=O)N3CC(CN)Cc4cc(F)ccc43)cnc12.O=C(O)C(F)(F)F. The molecule has 3 heterocycles. The molecule has 180 valence electrons. The molecule has 0 saturated carbocycles. The van der Waals surface area contributed by atoms with E-state index in [0.717, 1.165) is 11.1 Å². The van der Waals surface area contributed by atoms with Gasteiger partial charge in [-0.15, -0.1) is 0 Å². The Labute approximate surface area is 190 Å². The molecular formula is C22H20F4N4O4. The summed E-state index contributed by atoms with van der Waals surface area (Å²) < 4.78 is 46.8. The second-order valence-corrected chi connectivity index (χ2v) is 7.66. The number of nitrogens with two attached hydrogens (primary N) is 1. The summed E-state index contributed by atoms with van der Waals surface area (Å²) in [5.74, 6) is -3.56. The van der Waals surface area contributed by atoms with Crippen molar-refractivity contribution in [2.24, 2.45) is 11.7 Å². The number of carboxylic acids is 1. The zero-order chi connectivity index (χ0) is 25.2. The van der Waals surface area contributed by atoms with Crippen LogP contribution in [0, 0.1) is 18.7 Å². The summed E-state index contributed by atoms with van der Waals surface area (Å²) in [6, 6.07) is 7.90. The third kappa shape index (κ3) is 5.06. The number of benzene rings is 1. The van der Waals surface area contributed by atoms with Crippen LogP contribution in [-0.2, 0) is 11.2 Å². The van der Waals surface area contributed by atoms with Crippen LogP contribution >= 0.6 is 0 Å². The number of alkyl halides is 3. The van der Waals surface area contributed by atoms with E-state index in [4.69, 9.17) is 15.6 Å². The van der Waals surface area contributed by atoms with Crippen LogP contribution in [0.3, 0.4) is 0 Å². The Kier molecular flexibility index (Phi) is 7.01. The van der Waals surface area contributed by atoms with Crippen LogP contribution in [0.5, 0.6) is 0 Å². The van der Waals surface area contributed by atoms with Crippen molar-refractivity contribution >= 4 is 23.2 Å². The number of hydrogen-bond donors (Lipinski definition) is 2. The normalized spacial score (nSPS) is 15.4. The van der Waals surface area contributed by atoms with Crippen molar-refractivity contribution in [2.75, 3.05) is 18.0 Å². The molecule has 8 nitrogen and oxygen atoms in total. The van der Waals surface area contributed by atoms with Crippen LogP contribution in [0.1, 0.15) is 21.5 Å². The van der Waals surface area contributed by atoms with Gasteiger partial charge in [-0.25, -0.2) is 14.2 Å². The molecule has 3 N–H and O–H groups in total. The summed E-state index contributed by atoms with van der Waals surface area (Å²) in [6.45, 7) is 2.60. The Morgan fingerprint density at radius 1 is 1.26 bits per heavy atom. The fourth-order valence-electron chi connectivity index (χ4n) is 3.60. The lowest BCUT2D eigenvalue weighted by Crippen LogP contribution is -2.44. The average molecular weight is 480 g/mol. The Balaban J connectivity index is 0.000000406. The van der Waals surface area contributed by atoms with Gasteiger partial charge in [0.05, 0.1) is 0 Å². The zero-order valence-corrected chi connectivity index (χ0v) is 17.8. The number of carbonyl (C=O) groups is 2. The summed E-state index contributed by atoms with van der Waals surface area (Å²) in [5, 5.41) is 7.12. The molecule has 3 aromatic rings. The quantitative estimate of drug-likeness (QED) is 0.545. The van der Waals surface area contributed by atoms with Crippen molar-refractivity contribution in [3.8, 4) is 0 Å². The van der Waals surface area contributed by atoms with Gasteiger partial charge in [0, 0.05) is 24.6 Å². The van der Waals surface area contributed by atoms with Crippen molar-refractivity contribution in [1.82, 2.24) is 9.38 Å². The minimum atomic E-state index is -5.08. The smallest absolute Gasteiger partial charge is 0.475 e. The van der Waals surface area contributed by atoms with Gasteiger partial charge in [0.2, 0.25) is 0 Å². The van der Waals surface area contributed by atoms with Crippen molar-refractivity contribution in [2.45, 2.75) is 19.5 Å². The lowest BCUT2D eigenvalue weighted by Gasteiger charge is -2.34. The molecule has 1 atom stereocenters. The fourth-order valence-corrected chi connectivity index (χ4v) is 3.60. The van der Waals surface area contributed by atoms with E-state index >= 15 is 0 Å². The molecule has 4 rings (SSSR count). The molecule has 0 bridgehead atoms. The van der Waals surface area contributed by atoms with Crippen molar-refractivity contribution in [3.63, 3.8) is 0 Å². The molecule has 1 amide bonds. The van der Waals surface area contributed by atoms with E-state index in [-0.39, 0.29) is 17.3 Å². The number of amides is 1. The number of aliphatic carboxylic acids is 1. The largest absolute Gasteiger partial charge is 0.490 e. The van der Waals surface area contributed by atoms with Crippen LogP contribution in [0.4, 0.5) is 23.2 Å². The number of anilines is 1. The van der Waals surface area contributed by atoms with Crippen molar-refractivity contribution in [1.29, 1.82) is 0 Å². The third-order valence-electron chi connectivity index (χ3n) is 5.26. The molecule has 12 heteroatoms. The van der Waals surface area contributed by atoms with Crippen LogP contribution < -0.4 is 16.2 Å². The Bertz CT molecular complexity index is 1310. The Hall–Kier alpha value is -3.80. The molecule has 1 aliphatic rings. The highest BCUT2D eigenvalue weighted by molar-refractivity contribution is 6.06. The van der Waals surface area contributed by atoms with E-state index in [2.05, 4.69) is 4.98 Å². The molecule has 34 heavy (non-hydrogen) atoms. The number of halogens is 4. The van der Waals surface area contributed by atoms with Gasteiger partial charge >= 0.3 is 12.1 Å². The number of nitrogens with zero attached hydrogens (tertiary/aromatic N) is 3. The maximum atomic E-state index is 13.7. The summed E-state index contributed by atoms with van der Waals surface area (Å²) in [6.07, 6.45) is -1.57. The minimum Gasteiger partial charge on any atom is -0.475 e. The molecule has 2 aromatic heterocycles. The van der Waals surface area contributed by atoms with Gasteiger partial charge in [0.15, 0.2) is 0 Å². The summed E-state index contributed by atoms with van der Waals surface area (Å²) in [7, 11) is 0. The molecule has 1 aliphatic heterocycles. The van der Waals surface area contributed by atoms with Gasteiger partial charge in [-0.1, -0.05) is 6.07 Å². The minimum absolute atomic E-state index is 0.00154. The lowest BCUT2D eigenvalue weighted by atomic mass is 9.92. The molecule has 0 fully saturated rings. The van der Waals surface area contributed by atoms with E-state index < -0.39 is 23.6 Å². The molecule has 0 saturated heterocycles. The molecule has 0 spiro atoms. The maximum absolute atomic E-state index is 13.7. The second kappa shape index (κ2) is 9.59. The topological polar surface area (TPSA) is 118 Å². The Morgan fingerprint density at radius 2 is 1.94 bits per heavy atom. The standard InChI is InChI=1S/C20H19FN4O2.C2HF3O2/c1-12-3-2-6-24-18(12)23-10-16(19(24)26)20(27)25-11-13(9-22)7-14-8-15(21)4-5-17(14)25;3-2(4,5)1(6)7/h2-6,8,10,13H,7,9,11,22H2,1H3;(H,6,7). The van der Waals surface area contributed by atoms with E-state index in [1.807, 2.05) is 13.0 Å². The van der Waals surface area contributed by atoms with E-state index in [0.29, 0.717) is 30.8 Å². The second-order valence-electron chi connectivity index (χ2n) is 7.66. The number of pyridine rings is 1. The summed E-state index contributed by atoms with van der Waals surface area (Å²) in [4.78, 5) is 40.8. The first kappa shape index (κ1) is 24.8. The zero-order valence-electron chi connectivity index (χ0n) is 17.8. The number of hydrogen-bond acceptors (Lipinski definition) is 5. The number of aryl methyl sites for hydroxylation is 1. The van der Waals surface area contributed by atoms with Gasteiger partial charge in [0.1, 0.15) is 17.0 Å². The predicted octanol–water partition coefficient (Wildman–Crippen LogP) is 2.55. The highest BCUT2D eigenvalue weighted by Crippen LogP contribution is 2.31. The summed E-state index contributed by atoms with van der Waals surface area (Å²) in [5.41, 5.74) is 8.05. The molecular weight excluding hydrogens is 460 g/mol. The first-order valence-corrected chi connectivity index (χ1v) is 10.0. The molecule has 1 unspecified atom stereocenters. The molecule has 0 radical (unpaired) electrons. The highest BCUT2D eigenvalue weighted by atomic mass is 19.4. The number of fused-ring (bicyclic) bond motifs is 2. The molecule has 1 aromatic carbocycles. The first-order chi connectivity index (χ1) is 15.9. The van der Waals surface area contributed by atoms with Crippen LogP contribution in [0.2, 0.25) is 0 Å².